The number of carbonyl (C=O) groups is 2. The van der Waals surface area contributed by atoms with E-state index in [1.807, 2.05) is 12.1 Å². The van der Waals surface area contributed by atoms with E-state index in [2.05, 4.69) is 25.7 Å². The van der Waals surface area contributed by atoms with Gasteiger partial charge in [-0.05, 0) is 43.0 Å². The summed E-state index contributed by atoms with van der Waals surface area (Å²) in [6.07, 6.45) is -0.00247. The molecule has 2 saturated heterocycles. The molecule has 0 aromatic heterocycles. The summed E-state index contributed by atoms with van der Waals surface area (Å²) in [4.78, 5) is 27.4. The molecule has 2 bridgehead atoms. The lowest BCUT2D eigenvalue weighted by Gasteiger charge is -2.48. The summed E-state index contributed by atoms with van der Waals surface area (Å²) in [6.45, 7) is 9.66. The number of hydrogen-bond donors (Lipinski definition) is 1. The molecule has 2 fully saturated rings. The van der Waals surface area contributed by atoms with Crippen molar-refractivity contribution in [1.29, 1.82) is 0 Å². The van der Waals surface area contributed by atoms with E-state index < -0.39 is 6.09 Å². The molecule has 6 heteroatoms. The number of likely N-dealkylation sites (tertiary alicyclic amines) is 1. The molecule has 2 atom stereocenters. The van der Waals surface area contributed by atoms with Gasteiger partial charge in [-0.2, -0.15) is 0 Å². The van der Waals surface area contributed by atoms with E-state index in [0.717, 1.165) is 12.1 Å². The number of hydrogen-bond acceptors (Lipinski definition) is 4. The lowest BCUT2D eigenvalue weighted by molar-refractivity contribution is 0.0363. The molecular weight excluding hydrogens is 320 g/mol. The maximum absolute atomic E-state index is 11.8. The van der Waals surface area contributed by atoms with Crippen molar-refractivity contribution >= 4 is 17.7 Å². The summed E-state index contributed by atoms with van der Waals surface area (Å²) >= 11 is 0. The number of nitrogens with zero attached hydrogens (tertiary/aromatic N) is 2. The van der Waals surface area contributed by atoms with Crippen molar-refractivity contribution in [1.82, 2.24) is 4.90 Å². The topological polar surface area (TPSA) is 70.1 Å². The van der Waals surface area contributed by atoms with Crippen LogP contribution >= 0.6 is 0 Å². The Hall–Kier alpha value is -2.24. The highest BCUT2D eigenvalue weighted by atomic mass is 16.5. The van der Waals surface area contributed by atoms with Gasteiger partial charge in [0.2, 0.25) is 0 Å². The van der Waals surface area contributed by atoms with E-state index in [1.165, 1.54) is 0 Å². The van der Waals surface area contributed by atoms with E-state index in [9.17, 15) is 14.7 Å². The molecule has 1 N–H and O–H groups in total. The van der Waals surface area contributed by atoms with Crippen LogP contribution in [-0.2, 0) is 4.74 Å². The van der Waals surface area contributed by atoms with Crippen molar-refractivity contribution in [3.63, 3.8) is 0 Å². The maximum atomic E-state index is 11.8. The maximum Gasteiger partial charge on any atom is 0.407 e. The first kappa shape index (κ1) is 17.6. The Morgan fingerprint density at radius 3 is 2.44 bits per heavy atom. The number of carbonyl (C=O) groups excluding carboxylic acids is 1. The molecule has 25 heavy (non-hydrogen) atoms. The quantitative estimate of drug-likeness (QED) is 0.851. The molecule has 136 valence electrons. The van der Waals surface area contributed by atoms with Crippen LogP contribution in [0.2, 0.25) is 0 Å². The van der Waals surface area contributed by atoms with Gasteiger partial charge >= 0.3 is 12.1 Å². The molecule has 0 radical (unpaired) electrons. The Kier molecular flexibility index (Phi) is 4.17. The second-order valence-electron chi connectivity index (χ2n) is 7.93. The normalized spacial score (nSPS) is 25.4. The smallest absolute Gasteiger partial charge is 0.407 e. The Bertz CT molecular complexity index is 680. The zero-order valence-electron chi connectivity index (χ0n) is 15.3. The second kappa shape index (κ2) is 5.93. The fourth-order valence-corrected chi connectivity index (χ4v) is 4.23. The number of rotatable bonds is 3. The summed E-state index contributed by atoms with van der Waals surface area (Å²) in [6, 6.07) is 7.57. The molecular formula is C19H26N2O4. The van der Waals surface area contributed by atoms with Crippen molar-refractivity contribution in [2.75, 3.05) is 24.6 Å². The van der Waals surface area contributed by atoms with Crippen molar-refractivity contribution in [2.45, 2.75) is 45.7 Å². The van der Waals surface area contributed by atoms with Gasteiger partial charge in [0.15, 0.2) is 0 Å². The Morgan fingerprint density at radius 1 is 1.28 bits per heavy atom. The van der Waals surface area contributed by atoms with Crippen LogP contribution in [0.1, 0.15) is 44.5 Å². The molecule has 0 unspecified atom stereocenters. The van der Waals surface area contributed by atoms with Gasteiger partial charge in [0, 0.05) is 24.8 Å². The fourth-order valence-electron chi connectivity index (χ4n) is 4.23. The molecule has 2 aliphatic rings. The molecule has 2 aliphatic heterocycles. The van der Waals surface area contributed by atoms with Gasteiger partial charge in [0.25, 0.3) is 0 Å². The minimum Gasteiger partial charge on any atom is -0.465 e. The first-order chi connectivity index (χ1) is 11.7. The van der Waals surface area contributed by atoms with Gasteiger partial charge in [-0.25, -0.2) is 9.59 Å². The van der Waals surface area contributed by atoms with Gasteiger partial charge in [-0.15, -0.1) is 0 Å². The predicted octanol–water partition coefficient (Wildman–Crippen LogP) is 3.22. The number of esters is 1. The summed E-state index contributed by atoms with van der Waals surface area (Å²) < 4.78 is 5.02. The highest BCUT2D eigenvalue weighted by Gasteiger charge is 2.61. The summed E-state index contributed by atoms with van der Waals surface area (Å²) in [5.41, 5.74) is 1.02. The standard InChI is InChI=1S/C19H26N2O4/c1-5-25-16(22)13-6-8-14(9-7-13)20-12-19(18(2,3)4)10-15(20)11-21(19)17(23)24/h6-9,15H,5,10-12H2,1-4H3,(H,23,24)/t15-,19+/m0/s1. The lowest BCUT2D eigenvalue weighted by Crippen LogP contribution is -2.61. The molecule has 1 aromatic carbocycles. The number of piperazine rings is 1. The summed E-state index contributed by atoms with van der Waals surface area (Å²) in [5, 5.41) is 9.62. The van der Waals surface area contributed by atoms with Gasteiger partial charge in [0.05, 0.1) is 17.7 Å². The van der Waals surface area contributed by atoms with E-state index in [1.54, 1.807) is 24.0 Å². The van der Waals surface area contributed by atoms with Crippen LogP contribution in [0.3, 0.4) is 0 Å². The Balaban J connectivity index is 1.85. The van der Waals surface area contributed by atoms with Gasteiger partial charge < -0.3 is 14.7 Å². The largest absolute Gasteiger partial charge is 0.465 e. The third kappa shape index (κ3) is 2.73. The SMILES string of the molecule is CCOC(=O)c1ccc(N2C[C@@]3(C(C)(C)C)C[C@H]2CN3C(=O)O)cc1. The number of fused-ring (bicyclic) bond motifs is 2. The Labute approximate surface area is 148 Å². The van der Waals surface area contributed by atoms with Crippen molar-refractivity contribution < 1.29 is 19.4 Å². The molecule has 0 saturated carbocycles. The van der Waals surface area contributed by atoms with Crippen molar-refractivity contribution in [3.05, 3.63) is 29.8 Å². The third-order valence-electron chi connectivity index (χ3n) is 5.69. The minimum absolute atomic E-state index is 0.153. The predicted molar refractivity (Wildman–Crippen MR) is 95.1 cm³/mol. The first-order valence-corrected chi connectivity index (χ1v) is 8.74. The van der Waals surface area contributed by atoms with Gasteiger partial charge in [-0.1, -0.05) is 20.8 Å². The second-order valence-corrected chi connectivity index (χ2v) is 7.93. The fraction of sp³-hybridized carbons (Fsp3) is 0.579. The number of carboxylic acid groups (broad SMARTS) is 1. The molecule has 0 spiro atoms. The first-order valence-electron chi connectivity index (χ1n) is 8.74. The number of amides is 1. The minimum atomic E-state index is -0.838. The van der Waals surface area contributed by atoms with Crippen LogP contribution in [0.4, 0.5) is 10.5 Å². The van der Waals surface area contributed by atoms with Gasteiger partial charge in [0.1, 0.15) is 0 Å². The molecule has 1 amide bonds. The van der Waals surface area contributed by atoms with Crippen LogP contribution in [0.15, 0.2) is 24.3 Å². The molecule has 6 nitrogen and oxygen atoms in total. The van der Waals surface area contributed by atoms with Crippen LogP contribution in [0.25, 0.3) is 0 Å². The van der Waals surface area contributed by atoms with Crippen LogP contribution < -0.4 is 4.90 Å². The van der Waals surface area contributed by atoms with Crippen molar-refractivity contribution in [2.24, 2.45) is 5.41 Å². The van der Waals surface area contributed by atoms with E-state index in [-0.39, 0.29) is 23.0 Å². The van der Waals surface area contributed by atoms with E-state index >= 15 is 0 Å². The zero-order chi connectivity index (χ0) is 18.4. The molecule has 2 heterocycles. The number of ether oxygens (including phenoxy) is 1. The van der Waals surface area contributed by atoms with Gasteiger partial charge in [-0.3, -0.25) is 4.90 Å². The molecule has 1 aromatic rings. The summed E-state index contributed by atoms with van der Waals surface area (Å²) in [5.74, 6) is -0.319. The third-order valence-corrected chi connectivity index (χ3v) is 5.69. The van der Waals surface area contributed by atoms with Crippen molar-refractivity contribution in [3.8, 4) is 0 Å². The van der Waals surface area contributed by atoms with Crippen LogP contribution in [0, 0.1) is 5.41 Å². The number of benzene rings is 1. The average molecular weight is 346 g/mol. The lowest BCUT2D eigenvalue weighted by atomic mass is 9.73. The van der Waals surface area contributed by atoms with E-state index in [0.29, 0.717) is 25.3 Å². The monoisotopic (exact) mass is 346 g/mol. The zero-order valence-corrected chi connectivity index (χ0v) is 15.3. The molecule has 3 rings (SSSR count). The molecule has 0 aliphatic carbocycles. The number of anilines is 1. The summed E-state index contributed by atoms with van der Waals surface area (Å²) in [7, 11) is 0. The average Bonchev–Trinajstić information content (AvgIpc) is 3.12. The van der Waals surface area contributed by atoms with Crippen LogP contribution in [-0.4, -0.2) is 53.3 Å². The van der Waals surface area contributed by atoms with E-state index in [4.69, 9.17) is 4.74 Å². The van der Waals surface area contributed by atoms with Crippen LogP contribution in [0.5, 0.6) is 0 Å². The Morgan fingerprint density at radius 2 is 1.92 bits per heavy atom. The highest BCUT2D eigenvalue weighted by Crippen LogP contribution is 2.51. The highest BCUT2D eigenvalue weighted by molar-refractivity contribution is 5.89.